The number of ether oxygens (including phenoxy) is 1. The highest BCUT2D eigenvalue weighted by Gasteiger charge is 2.45. The topological polar surface area (TPSA) is 115 Å². The number of carboxylic acids is 1. The average Bonchev–Trinajstić information content (AvgIpc) is 3.29. The summed E-state index contributed by atoms with van der Waals surface area (Å²) in [6, 6.07) is -0.755. The fourth-order valence-corrected chi connectivity index (χ4v) is 5.55. The summed E-state index contributed by atoms with van der Waals surface area (Å²) in [4.78, 5) is 43.3. The van der Waals surface area contributed by atoms with Gasteiger partial charge in [0.2, 0.25) is 0 Å². The number of amides is 1. The first-order chi connectivity index (χ1) is 18.5. The van der Waals surface area contributed by atoms with E-state index in [-0.39, 0.29) is 54.4 Å². The third-order valence-electron chi connectivity index (χ3n) is 7.08. The van der Waals surface area contributed by atoms with Gasteiger partial charge in [-0.15, -0.1) is 0 Å². The Bertz CT molecular complexity index is 1250. The molecule has 1 amide bonds. The summed E-state index contributed by atoms with van der Waals surface area (Å²) < 4.78 is 49.7. The minimum absolute atomic E-state index is 0.0663. The van der Waals surface area contributed by atoms with E-state index in [0.717, 1.165) is 15.8 Å². The number of halogens is 5. The first-order valence-corrected chi connectivity index (χ1v) is 13.4. The lowest BCUT2D eigenvalue weighted by Crippen LogP contribution is -2.46. The molecule has 1 fully saturated rings. The van der Waals surface area contributed by atoms with Crippen LogP contribution in [0.25, 0.3) is 0 Å². The first kappa shape index (κ1) is 31.8. The quantitative estimate of drug-likeness (QED) is 0.332. The van der Waals surface area contributed by atoms with Gasteiger partial charge in [0.05, 0.1) is 51.0 Å². The molecule has 40 heavy (non-hydrogen) atoms. The number of hydrogen-bond acceptors (Lipinski definition) is 6. The number of carbonyl (C=O) groups excluding carboxylic acids is 2. The van der Waals surface area contributed by atoms with Crippen LogP contribution in [0.4, 0.5) is 13.2 Å². The number of nitrogens with zero attached hydrogens (tertiary/aromatic N) is 4. The molecule has 1 aliphatic rings. The Balaban J connectivity index is 2.01. The van der Waals surface area contributed by atoms with Gasteiger partial charge in [0.1, 0.15) is 0 Å². The number of pyridine rings is 1. The summed E-state index contributed by atoms with van der Waals surface area (Å²) in [6.45, 7) is 5.96. The van der Waals surface area contributed by atoms with E-state index in [1.54, 1.807) is 27.7 Å². The van der Waals surface area contributed by atoms with E-state index in [1.807, 2.05) is 0 Å². The predicted molar refractivity (Wildman–Crippen MR) is 141 cm³/mol. The van der Waals surface area contributed by atoms with Gasteiger partial charge in [-0.3, -0.25) is 24.0 Å². The Hall–Kier alpha value is -2.70. The Morgan fingerprint density at radius 1 is 1.15 bits per heavy atom. The van der Waals surface area contributed by atoms with Gasteiger partial charge in [-0.25, -0.2) is 0 Å². The van der Waals surface area contributed by atoms with Crippen molar-refractivity contribution in [3.05, 3.63) is 45.5 Å². The number of Topliss-reactive ketones (excluding diaryl/α,β-unsaturated/α-hetero) is 1. The minimum atomic E-state index is -4.96. The van der Waals surface area contributed by atoms with Gasteiger partial charge in [0, 0.05) is 25.5 Å². The summed E-state index contributed by atoms with van der Waals surface area (Å²) in [5.74, 6) is -2.78. The number of hydrogen-bond donors (Lipinski definition) is 1. The molecule has 14 heteroatoms. The van der Waals surface area contributed by atoms with E-state index in [1.165, 1.54) is 12.4 Å². The van der Waals surface area contributed by atoms with E-state index < -0.39 is 58.7 Å². The van der Waals surface area contributed by atoms with Gasteiger partial charge in [-0.2, -0.15) is 18.3 Å². The van der Waals surface area contributed by atoms with Crippen molar-refractivity contribution in [2.45, 2.75) is 71.2 Å². The molecule has 1 N–H and O–H groups in total. The zero-order valence-corrected chi connectivity index (χ0v) is 24.0. The van der Waals surface area contributed by atoms with Crippen molar-refractivity contribution in [1.82, 2.24) is 19.7 Å². The highest BCUT2D eigenvalue weighted by atomic mass is 35.5. The van der Waals surface area contributed by atoms with Crippen molar-refractivity contribution in [3.63, 3.8) is 0 Å². The maximum Gasteiger partial charge on any atom is 0.433 e. The summed E-state index contributed by atoms with van der Waals surface area (Å²) in [6.07, 6.45) is -1.14. The van der Waals surface area contributed by atoms with Gasteiger partial charge in [0.15, 0.2) is 11.5 Å². The first-order valence-electron chi connectivity index (χ1n) is 12.6. The number of rotatable bonds is 10. The van der Waals surface area contributed by atoms with Crippen LogP contribution < -0.4 is 0 Å². The monoisotopic (exact) mass is 606 g/mol. The van der Waals surface area contributed by atoms with E-state index >= 15 is 0 Å². The zero-order valence-electron chi connectivity index (χ0n) is 22.5. The lowest BCUT2D eigenvalue weighted by Gasteiger charge is -2.35. The fourth-order valence-electron chi connectivity index (χ4n) is 4.97. The molecular formula is C26H31Cl2F3N4O5. The van der Waals surface area contributed by atoms with E-state index in [2.05, 4.69) is 10.1 Å². The Kier molecular flexibility index (Phi) is 9.58. The smallest absolute Gasteiger partial charge is 0.433 e. The third-order valence-corrected chi connectivity index (χ3v) is 7.65. The van der Waals surface area contributed by atoms with Crippen LogP contribution in [0.5, 0.6) is 0 Å². The maximum atomic E-state index is 14.4. The summed E-state index contributed by atoms with van der Waals surface area (Å²) in [5.41, 5.74) is -4.16. The number of carbonyl (C=O) groups is 3. The van der Waals surface area contributed by atoms with E-state index in [4.69, 9.17) is 27.9 Å². The summed E-state index contributed by atoms with van der Waals surface area (Å²) in [7, 11) is 0. The molecule has 0 saturated heterocycles. The highest BCUT2D eigenvalue weighted by molar-refractivity contribution is 6.39. The average molecular weight is 607 g/mol. The molecule has 0 spiro atoms. The van der Waals surface area contributed by atoms with Crippen molar-refractivity contribution in [2.24, 2.45) is 5.41 Å². The molecular weight excluding hydrogens is 576 g/mol. The lowest BCUT2D eigenvalue weighted by molar-refractivity contribution is -0.152. The molecule has 0 aliphatic heterocycles. The van der Waals surface area contributed by atoms with Crippen molar-refractivity contribution in [2.75, 3.05) is 19.7 Å². The van der Waals surface area contributed by atoms with Crippen LogP contribution in [0, 0.1) is 5.41 Å². The maximum absolute atomic E-state index is 14.4. The Morgan fingerprint density at radius 3 is 2.23 bits per heavy atom. The molecule has 1 saturated carbocycles. The van der Waals surface area contributed by atoms with Crippen LogP contribution >= 0.6 is 23.2 Å². The van der Waals surface area contributed by atoms with Gasteiger partial charge >= 0.3 is 12.1 Å². The van der Waals surface area contributed by atoms with E-state index in [9.17, 15) is 32.7 Å². The number of aliphatic carboxylic acids is 1. The van der Waals surface area contributed by atoms with Crippen molar-refractivity contribution >= 4 is 40.9 Å². The standard InChI is InChI=1S/C26H31Cl2F3N4O5/c1-5-40-24(2,3)14-34(13-19(36)20-17(27)11-32-12-18(20)28)22(37)16-10-33-35(21(16)26(29,30)31)15-6-8-25(4,9-7-15)23(38)39/h10-12,15H,5-9,13-14H2,1-4H3,(H,38,39)/t15-,25-. The molecule has 9 nitrogen and oxygen atoms in total. The Labute approximate surface area is 239 Å². The molecule has 220 valence electrons. The summed E-state index contributed by atoms with van der Waals surface area (Å²) in [5, 5.41) is 13.3. The van der Waals surface area contributed by atoms with Crippen LogP contribution in [0.15, 0.2) is 18.6 Å². The molecule has 3 rings (SSSR count). The number of alkyl halides is 3. The van der Waals surface area contributed by atoms with Crippen LogP contribution in [0.3, 0.4) is 0 Å². The molecule has 2 heterocycles. The molecule has 2 aromatic rings. The highest BCUT2D eigenvalue weighted by Crippen LogP contribution is 2.43. The van der Waals surface area contributed by atoms with Crippen LogP contribution in [0.2, 0.25) is 10.0 Å². The second-order valence-electron chi connectivity index (χ2n) is 10.7. The van der Waals surface area contributed by atoms with Crippen LogP contribution in [0.1, 0.15) is 85.8 Å². The molecule has 0 unspecified atom stereocenters. The van der Waals surface area contributed by atoms with E-state index in [0.29, 0.717) is 0 Å². The zero-order chi connectivity index (χ0) is 30.0. The van der Waals surface area contributed by atoms with Gasteiger partial charge in [-0.05, 0) is 53.4 Å². The van der Waals surface area contributed by atoms with Crippen LogP contribution in [-0.4, -0.2) is 67.7 Å². The molecule has 1 aliphatic carbocycles. The SMILES string of the molecule is CCOC(C)(C)CN(CC(=O)c1c(Cl)cncc1Cl)C(=O)c1cnn([C@H]2CC[C@](C)(C(=O)O)CC2)c1C(F)(F)F. The van der Waals surface area contributed by atoms with Crippen molar-refractivity contribution in [3.8, 4) is 0 Å². The normalized spacial score (nSPS) is 19.9. The molecule has 2 aromatic heterocycles. The largest absolute Gasteiger partial charge is 0.481 e. The third kappa shape index (κ3) is 6.95. The van der Waals surface area contributed by atoms with Gasteiger partial charge in [-0.1, -0.05) is 23.2 Å². The second-order valence-corrected chi connectivity index (χ2v) is 11.5. The number of ketones is 1. The van der Waals surface area contributed by atoms with Crippen molar-refractivity contribution < 1.29 is 37.4 Å². The van der Waals surface area contributed by atoms with Gasteiger partial charge in [0.25, 0.3) is 5.91 Å². The molecule has 0 atom stereocenters. The second kappa shape index (κ2) is 12.0. The Morgan fingerprint density at radius 2 is 1.73 bits per heavy atom. The molecule has 0 bridgehead atoms. The minimum Gasteiger partial charge on any atom is -0.481 e. The predicted octanol–water partition coefficient (Wildman–Crippen LogP) is 5.95. The fraction of sp³-hybridized carbons (Fsp3) is 0.577. The van der Waals surface area contributed by atoms with Crippen LogP contribution in [-0.2, 0) is 15.7 Å². The van der Waals surface area contributed by atoms with Gasteiger partial charge < -0.3 is 14.7 Å². The lowest BCUT2D eigenvalue weighted by atomic mass is 9.74. The molecule has 0 aromatic carbocycles. The molecule has 0 radical (unpaired) electrons. The number of aromatic nitrogens is 3. The van der Waals surface area contributed by atoms with Crippen molar-refractivity contribution in [1.29, 1.82) is 0 Å². The summed E-state index contributed by atoms with van der Waals surface area (Å²) >= 11 is 12.2. The number of carboxylic acid groups (broad SMARTS) is 1.